The van der Waals surface area contributed by atoms with Gasteiger partial charge in [0.25, 0.3) is 5.69 Å². The summed E-state index contributed by atoms with van der Waals surface area (Å²) in [6.07, 6.45) is -1.19. The minimum absolute atomic E-state index is 0.137. The van der Waals surface area contributed by atoms with E-state index in [4.69, 9.17) is 10.2 Å². The molecule has 0 radical (unpaired) electrons. The molecule has 1 aromatic rings. The summed E-state index contributed by atoms with van der Waals surface area (Å²) in [6, 6.07) is 7.93. The highest BCUT2D eigenvalue weighted by molar-refractivity contribution is 5.27. The molecule has 2 rings (SSSR count). The van der Waals surface area contributed by atoms with Gasteiger partial charge in [0, 0.05) is 18.7 Å². The Kier molecular flexibility index (Phi) is 4.17. The topological polar surface area (TPSA) is 95.6 Å². The zero-order valence-corrected chi connectivity index (χ0v) is 7.91. The third-order valence-electron chi connectivity index (χ3n) is 1.87. The van der Waals surface area contributed by atoms with Crippen LogP contribution >= 0.6 is 0 Å². The van der Waals surface area contributed by atoms with Crippen molar-refractivity contribution in [3.8, 4) is 0 Å². The number of benzene rings is 1. The lowest BCUT2D eigenvalue weighted by molar-refractivity contribution is -0.384. The highest BCUT2D eigenvalue weighted by Gasteiger charge is 2.24. The van der Waals surface area contributed by atoms with Gasteiger partial charge in [-0.1, -0.05) is 18.2 Å². The molecule has 1 saturated heterocycles. The summed E-state index contributed by atoms with van der Waals surface area (Å²) in [7, 11) is 0. The number of nitro groups is 1. The molecule has 1 aliphatic rings. The van der Waals surface area contributed by atoms with Gasteiger partial charge in [-0.15, -0.1) is 0 Å². The Balaban J connectivity index is 0.000000162. The zero-order valence-electron chi connectivity index (χ0n) is 7.91. The van der Waals surface area contributed by atoms with E-state index >= 15 is 0 Å². The third-order valence-corrected chi connectivity index (χ3v) is 1.87. The van der Waals surface area contributed by atoms with Crippen molar-refractivity contribution in [3.05, 3.63) is 40.4 Å². The zero-order chi connectivity index (χ0) is 11.3. The summed E-state index contributed by atoms with van der Waals surface area (Å²) in [5, 5.41) is 29.3. The lowest BCUT2D eigenvalue weighted by atomic mass is 10.2. The summed E-state index contributed by atoms with van der Waals surface area (Å²) < 4.78 is 0. The first-order valence-electron chi connectivity index (χ1n) is 4.40. The SMILES string of the molecule is O=[N+]([O-])c1ccccc1.OC1CNC1O. The number of hydrogen-bond donors (Lipinski definition) is 3. The van der Waals surface area contributed by atoms with Gasteiger partial charge in [-0.2, -0.15) is 0 Å². The number of nitro benzene ring substituents is 1. The lowest BCUT2D eigenvalue weighted by Gasteiger charge is -2.28. The molecule has 82 valence electrons. The molecular formula is C9H12N2O4. The van der Waals surface area contributed by atoms with Crippen molar-refractivity contribution in [1.29, 1.82) is 0 Å². The monoisotopic (exact) mass is 212 g/mol. The minimum atomic E-state index is -0.662. The summed E-state index contributed by atoms with van der Waals surface area (Å²) in [5.41, 5.74) is 0.137. The van der Waals surface area contributed by atoms with Crippen LogP contribution in [0.1, 0.15) is 0 Å². The molecule has 2 unspecified atom stereocenters. The first-order chi connectivity index (χ1) is 7.11. The largest absolute Gasteiger partial charge is 0.388 e. The second-order valence-electron chi connectivity index (χ2n) is 3.01. The van der Waals surface area contributed by atoms with E-state index in [1.807, 2.05) is 0 Å². The molecular weight excluding hydrogens is 200 g/mol. The Morgan fingerprint density at radius 2 is 1.87 bits per heavy atom. The number of nitrogens with one attached hydrogen (secondary N) is 1. The number of rotatable bonds is 1. The van der Waals surface area contributed by atoms with Gasteiger partial charge in [0.05, 0.1) is 4.92 Å². The van der Waals surface area contributed by atoms with Crippen LogP contribution in [0.25, 0.3) is 0 Å². The molecule has 0 saturated carbocycles. The maximum Gasteiger partial charge on any atom is 0.269 e. The molecule has 0 aliphatic carbocycles. The number of aliphatic hydroxyl groups is 2. The van der Waals surface area contributed by atoms with Gasteiger partial charge in [0.2, 0.25) is 0 Å². The van der Waals surface area contributed by atoms with Gasteiger partial charge < -0.3 is 10.2 Å². The molecule has 6 nitrogen and oxygen atoms in total. The summed E-state index contributed by atoms with van der Waals surface area (Å²) in [6.45, 7) is 0.529. The van der Waals surface area contributed by atoms with Gasteiger partial charge >= 0.3 is 0 Å². The van der Waals surface area contributed by atoms with Crippen LogP contribution in [0.4, 0.5) is 5.69 Å². The predicted molar refractivity (Wildman–Crippen MR) is 53.1 cm³/mol. The van der Waals surface area contributed by atoms with Gasteiger partial charge in [-0.3, -0.25) is 15.4 Å². The molecule has 3 N–H and O–H groups in total. The van der Waals surface area contributed by atoms with E-state index in [9.17, 15) is 10.1 Å². The van der Waals surface area contributed by atoms with Crippen LogP contribution in [0.3, 0.4) is 0 Å². The first kappa shape index (κ1) is 11.6. The maximum atomic E-state index is 10.0. The Morgan fingerprint density at radius 3 is 2.07 bits per heavy atom. The van der Waals surface area contributed by atoms with Crippen molar-refractivity contribution in [2.24, 2.45) is 0 Å². The average molecular weight is 212 g/mol. The average Bonchev–Trinajstić information content (AvgIpc) is 2.28. The van der Waals surface area contributed by atoms with Crippen LogP contribution in [0, 0.1) is 10.1 Å². The minimum Gasteiger partial charge on any atom is -0.388 e. The normalized spacial score (nSPS) is 23.3. The molecule has 1 aliphatic heterocycles. The van der Waals surface area contributed by atoms with E-state index in [1.54, 1.807) is 18.2 Å². The fourth-order valence-electron chi connectivity index (χ4n) is 0.878. The number of aliphatic hydroxyl groups excluding tert-OH is 2. The van der Waals surface area contributed by atoms with Crippen molar-refractivity contribution in [1.82, 2.24) is 5.32 Å². The Labute approximate surface area is 86.3 Å². The second kappa shape index (κ2) is 5.40. The van der Waals surface area contributed by atoms with E-state index < -0.39 is 17.3 Å². The standard InChI is InChI=1S/C6H5NO2.C3H7NO2/c8-7(9)6-4-2-1-3-5-6;5-2-1-4-3(2)6/h1-5H;2-6H,1H2. The van der Waals surface area contributed by atoms with Crippen LogP contribution in [-0.4, -0.2) is 34.0 Å². The molecule has 1 aromatic carbocycles. The molecule has 1 heterocycles. The Morgan fingerprint density at radius 1 is 1.33 bits per heavy atom. The van der Waals surface area contributed by atoms with Crippen LogP contribution in [0.15, 0.2) is 30.3 Å². The Hall–Kier alpha value is -1.50. The highest BCUT2D eigenvalue weighted by atomic mass is 16.6. The van der Waals surface area contributed by atoms with E-state index in [0.29, 0.717) is 6.54 Å². The predicted octanol–water partition coefficient (Wildman–Crippen LogP) is -0.136. The van der Waals surface area contributed by atoms with Crippen LogP contribution in [0.2, 0.25) is 0 Å². The van der Waals surface area contributed by atoms with Crippen LogP contribution in [-0.2, 0) is 0 Å². The Bertz CT molecular complexity index is 309. The number of β-amino-alcohol motifs (C(OH)–C–C–N with tert-alkyl or cyclic N) is 1. The number of para-hydroxylation sites is 1. The van der Waals surface area contributed by atoms with E-state index in [-0.39, 0.29) is 5.69 Å². The van der Waals surface area contributed by atoms with Crippen molar-refractivity contribution < 1.29 is 15.1 Å². The molecule has 15 heavy (non-hydrogen) atoms. The van der Waals surface area contributed by atoms with Crippen molar-refractivity contribution >= 4 is 5.69 Å². The lowest BCUT2D eigenvalue weighted by Crippen LogP contribution is -2.56. The van der Waals surface area contributed by atoms with Crippen molar-refractivity contribution in [2.75, 3.05) is 6.54 Å². The molecule has 2 atom stereocenters. The molecule has 0 aromatic heterocycles. The maximum absolute atomic E-state index is 10.0. The molecule has 1 fully saturated rings. The second-order valence-corrected chi connectivity index (χ2v) is 3.01. The smallest absolute Gasteiger partial charge is 0.269 e. The van der Waals surface area contributed by atoms with Gasteiger partial charge in [-0.25, -0.2) is 0 Å². The third kappa shape index (κ3) is 3.62. The van der Waals surface area contributed by atoms with E-state index in [2.05, 4.69) is 5.32 Å². The van der Waals surface area contributed by atoms with Crippen LogP contribution < -0.4 is 5.32 Å². The summed E-state index contributed by atoms with van der Waals surface area (Å²) >= 11 is 0. The van der Waals surface area contributed by atoms with E-state index in [1.165, 1.54) is 12.1 Å². The van der Waals surface area contributed by atoms with Gasteiger partial charge in [0.1, 0.15) is 12.3 Å². The molecule has 0 bridgehead atoms. The van der Waals surface area contributed by atoms with Crippen molar-refractivity contribution in [2.45, 2.75) is 12.3 Å². The fourth-order valence-corrected chi connectivity index (χ4v) is 0.878. The number of nitrogens with zero attached hydrogens (tertiary/aromatic N) is 1. The van der Waals surface area contributed by atoms with E-state index in [0.717, 1.165) is 0 Å². The molecule has 0 spiro atoms. The fraction of sp³-hybridized carbons (Fsp3) is 0.333. The molecule has 0 amide bonds. The van der Waals surface area contributed by atoms with Crippen molar-refractivity contribution in [3.63, 3.8) is 0 Å². The quantitative estimate of drug-likeness (QED) is 0.445. The number of non-ortho nitro benzene ring substituents is 1. The number of hydrogen-bond acceptors (Lipinski definition) is 5. The first-order valence-corrected chi connectivity index (χ1v) is 4.40. The summed E-state index contributed by atoms with van der Waals surface area (Å²) in [5.74, 6) is 0. The summed E-state index contributed by atoms with van der Waals surface area (Å²) in [4.78, 5) is 9.59. The highest BCUT2D eigenvalue weighted by Crippen LogP contribution is 2.06. The van der Waals surface area contributed by atoms with Gasteiger partial charge in [-0.05, 0) is 0 Å². The van der Waals surface area contributed by atoms with Gasteiger partial charge in [0.15, 0.2) is 0 Å². The molecule has 6 heteroatoms. The van der Waals surface area contributed by atoms with Crippen LogP contribution in [0.5, 0.6) is 0 Å².